The molecular formula is C19H28O5. The van der Waals surface area contributed by atoms with E-state index in [1.165, 1.54) is 7.11 Å². The van der Waals surface area contributed by atoms with Crippen LogP contribution in [0.3, 0.4) is 0 Å². The highest BCUT2D eigenvalue weighted by Gasteiger charge is 2.62. The van der Waals surface area contributed by atoms with Gasteiger partial charge < -0.3 is 19.3 Å². The fraction of sp³-hybridized carbons (Fsp3) is 0.737. The molecule has 1 saturated carbocycles. The van der Waals surface area contributed by atoms with Crippen molar-refractivity contribution in [3.05, 3.63) is 23.0 Å². The van der Waals surface area contributed by atoms with Gasteiger partial charge in [-0.1, -0.05) is 20.8 Å². The molecule has 3 rings (SSSR count). The van der Waals surface area contributed by atoms with E-state index in [-0.39, 0.29) is 29.3 Å². The first-order chi connectivity index (χ1) is 11.1. The van der Waals surface area contributed by atoms with E-state index in [0.29, 0.717) is 17.9 Å². The van der Waals surface area contributed by atoms with Crippen molar-refractivity contribution in [2.75, 3.05) is 7.11 Å². The van der Waals surface area contributed by atoms with Crippen LogP contribution in [0.2, 0.25) is 0 Å². The molecule has 134 valence electrons. The number of aliphatic hydroxyl groups excluding tert-OH is 1. The zero-order valence-electron chi connectivity index (χ0n) is 15.4. The molecule has 0 spiro atoms. The molecule has 3 aliphatic rings. The number of hydrogen-bond donors (Lipinski definition) is 1. The van der Waals surface area contributed by atoms with Gasteiger partial charge in [-0.05, 0) is 55.6 Å². The summed E-state index contributed by atoms with van der Waals surface area (Å²) in [5, 5.41) is 10.5. The second kappa shape index (κ2) is 5.60. The molecule has 1 heterocycles. The van der Waals surface area contributed by atoms with E-state index < -0.39 is 11.8 Å². The largest absolute Gasteiger partial charge is 0.507 e. The van der Waals surface area contributed by atoms with Gasteiger partial charge in [-0.2, -0.15) is 0 Å². The first-order valence-electron chi connectivity index (χ1n) is 8.69. The van der Waals surface area contributed by atoms with Crippen LogP contribution in [0.25, 0.3) is 0 Å². The minimum atomic E-state index is -0.637. The second-order valence-electron chi connectivity index (χ2n) is 8.16. The van der Waals surface area contributed by atoms with Crippen molar-refractivity contribution >= 4 is 5.97 Å². The van der Waals surface area contributed by atoms with E-state index in [2.05, 4.69) is 20.8 Å². The summed E-state index contributed by atoms with van der Waals surface area (Å²) >= 11 is 0. The Hall–Kier alpha value is -1.33. The minimum absolute atomic E-state index is 0.00274. The third kappa shape index (κ3) is 2.49. The maximum atomic E-state index is 12.0. The number of carbonyl (C=O) groups excluding carboxylic acids is 1. The standard InChI is InChI=1S/C19H28O5/c1-10(2)14-16-15(23-18(3,4)24-16)12-9-13(20)11(17(21)22-6)7-8-19(12,14)5/h9-10,14-16,20H,7-8H2,1-6H3/t14-,15+,16-,19-/m1/s1. The van der Waals surface area contributed by atoms with Crippen molar-refractivity contribution in [1.29, 1.82) is 0 Å². The Balaban J connectivity index is 2.08. The van der Waals surface area contributed by atoms with Gasteiger partial charge in [0.1, 0.15) is 11.9 Å². The van der Waals surface area contributed by atoms with E-state index in [9.17, 15) is 9.90 Å². The van der Waals surface area contributed by atoms with Crippen LogP contribution in [-0.4, -0.2) is 36.2 Å². The normalized spacial score (nSPS) is 37.8. The van der Waals surface area contributed by atoms with Crippen molar-refractivity contribution in [2.24, 2.45) is 17.3 Å². The predicted octanol–water partition coefficient (Wildman–Crippen LogP) is 3.50. The summed E-state index contributed by atoms with van der Waals surface area (Å²) in [5.41, 5.74) is 1.20. The molecule has 1 N–H and O–H groups in total. The Bertz CT molecular complexity index is 615. The van der Waals surface area contributed by atoms with Crippen molar-refractivity contribution in [3.8, 4) is 0 Å². The summed E-state index contributed by atoms with van der Waals surface area (Å²) in [4.78, 5) is 12.0. The average molecular weight is 336 g/mol. The third-order valence-electron chi connectivity index (χ3n) is 5.83. The zero-order valence-corrected chi connectivity index (χ0v) is 15.4. The van der Waals surface area contributed by atoms with Gasteiger partial charge in [0.25, 0.3) is 0 Å². The first kappa shape index (κ1) is 17.5. The molecule has 0 bridgehead atoms. The summed E-state index contributed by atoms with van der Waals surface area (Å²) in [6.07, 6.45) is 2.77. The topological polar surface area (TPSA) is 65.0 Å². The van der Waals surface area contributed by atoms with E-state index in [0.717, 1.165) is 12.0 Å². The highest BCUT2D eigenvalue weighted by atomic mass is 16.8. The molecule has 0 aromatic rings. The van der Waals surface area contributed by atoms with E-state index in [4.69, 9.17) is 14.2 Å². The smallest absolute Gasteiger partial charge is 0.337 e. The molecule has 1 aliphatic heterocycles. The number of rotatable bonds is 2. The number of carbonyl (C=O) groups is 1. The molecule has 24 heavy (non-hydrogen) atoms. The van der Waals surface area contributed by atoms with Crippen LogP contribution in [0.1, 0.15) is 47.5 Å². The van der Waals surface area contributed by atoms with Crippen LogP contribution >= 0.6 is 0 Å². The Morgan fingerprint density at radius 1 is 1.33 bits per heavy atom. The van der Waals surface area contributed by atoms with Crippen molar-refractivity contribution in [1.82, 2.24) is 0 Å². The van der Waals surface area contributed by atoms with E-state index in [1.54, 1.807) is 6.08 Å². The van der Waals surface area contributed by atoms with Gasteiger partial charge in [0.05, 0.1) is 18.8 Å². The monoisotopic (exact) mass is 336 g/mol. The Labute approximate surface area is 143 Å². The summed E-state index contributed by atoms with van der Waals surface area (Å²) in [6, 6.07) is 0. The Kier molecular flexibility index (Phi) is 4.08. The molecule has 2 aliphatic carbocycles. The fourth-order valence-electron chi connectivity index (χ4n) is 4.92. The van der Waals surface area contributed by atoms with E-state index in [1.807, 2.05) is 13.8 Å². The molecule has 2 fully saturated rings. The second-order valence-corrected chi connectivity index (χ2v) is 8.16. The van der Waals surface area contributed by atoms with Gasteiger partial charge >= 0.3 is 5.97 Å². The summed E-state index contributed by atoms with van der Waals surface area (Å²) in [6.45, 7) is 10.4. The summed E-state index contributed by atoms with van der Waals surface area (Å²) in [5.74, 6) is -0.443. The maximum Gasteiger partial charge on any atom is 0.337 e. The number of esters is 1. The lowest BCUT2D eigenvalue weighted by atomic mass is 9.69. The number of methoxy groups -OCH3 is 1. The number of aliphatic hydroxyl groups is 1. The van der Waals surface area contributed by atoms with Gasteiger partial charge in [-0.15, -0.1) is 0 Å². The number of allylic oxidation sites excluding steroid dienone is 1. The molecule has 0 amide bonds. The van der Waals surface area contributed by atoms with Gasteiger partial charge in [0.2, 0.25) is 0 Å². The highest BCUT2D eigenvalue weighted by molar-refractivity contribution is 5.89. The minimum Gasteiger partial charge on any atom is -0.507 e. The van der Waals surface area contributed by atoms with Crippen LogP contribution in [0, 0.1) is 17.3 Å². The lowest BCUT2D eigenvalue weighted by molar-refractivity contribution is -0.162. The SMILES string of the molecule is COC(=O)C1=C(O)C=C2[C@@H]3OC(C)(C)O[C@@H]3[C@@H](C(C)C)[C@]2(C)CC1. The van der Waals surface area contributed by atoms with Crippen molar-refractivity contribution < 1.29 is 24.1 Å². The molecule has 4 atom stereocenters. The number of ether oxygens (including phenoxy) is 3. The predicted molar refractivity (Wildman–Crippen MR) is 89.2 cm³/mol. The Morgan fingerprint density at radius 2 is 2.00 bits per heavy atom. The van der Waals surface area contributed by atoms with Crippen LogP contribution in [0.5, 0.6) is 0 Å². The lowest BCUT2D eigenvalue weighted by Crippen LogP contribution is -2.36. The first-order valence-corrected chi connectivity index (χ1v) is 8.69. The van der Waals surface area contributed by atoms with Gasteiger partial charge in [0.15, 0.2) is 5.79 Å². The average Bonchev–Trinajstić information content (AvgIpc) is 2.82. The maximum absolute atomic E-state index is 12.0. The molecule has 1 saturated heterocycles. The van der Waals surface area contributed by atoms with Gasteiger partial charge in [0, 0.05) is 0 Å². The molecule has 0 unspecified atom stereocenters. The summed E-state index contributed by atoms with van der Waals surface area (Å²) < 4.78 is 17.2. The molecular weight excluding hydrogens is 308 g/mol. The lowest BCUT2D eigenvalue weighted by Gasteiger charge is -2.38. The van der Waals surface area contributed by atoms with E-state index >= 15 is 0 Å². The zero-order chi connectivity index (χ0) is 17.9. The molecule has 5 heteroatoms. The molecule has 0 aromatic carbocycles. The van der Waals surface area contributed by atoms with Crippen LogP contribution < -0.4 is 0 Å². The van der Waals surface area contributed by atoms with Gasteiger partial charge in [-0.3, -0.25) is 0 Å². The number of fused-ring (bicyclic) bond motifs is 3. The quantitative estimate of drug-likeness (QED) is 0.782. The molecule has 5 nitrogen and oxygen atoms in total. The van der Waals surface area contributed by atoms with Gasteiger partial charge in [-0.25, -0.2) is 4.79 Å². The molecule has 0 radical (unpaired) electrons. The third-order valence-corrected chi connectivity index (χ3v) is 5.83. The highest BCUT2D eigenvalue weighted by Crippen LogP contribution is 2.60. The number of hydrogen-bond acceptors (Lipinski definition) is 5. The van der Waals surface area contributed by atoms with Crippen LogP contribution in [0.4, 0.5) is 0 Å². The van der Waals surface area contributed by atoms with Crippen molar-refractivity contribution in [3.63, 3.8) is 0 Å². The summed E-state index contributed by atoms with van der Waals surface area (Å²) in [7, 11) is 1.34. The van der Waals surface area contributed by atoms with Crippen LogP contribution in [-0.2, 0) is 19.0 Å². The van der Waals surface area contributed by atoms with Crippen LogP contribution in [0.15, 0.2) is 23.0 Å². The molecule has 0 aromatic heterocycles. The Morgan fingerprint density at radius 3 is 2.58 bits per heavy atom. The fourth-order valence-corrected chi connectivity index (χ4v) is 4.92. The van der Waals surface area contributed by atoms with Crippen molar-refractivity contribution in [2.45, 2.75) is 65.5 Å².